The van der Waals surface area contributed by atoms with E-state index in [1.54, 1.807) is 0 Å². The Labute approximate surface area is 82.0 Å². The molecule has 0 heterocycles. The standard InChI is InChI=1S/C4H12Cl2N3O2S/c5-1-3-9(7,4-2-6)12(8,10)11/h1-4,7H2,(H2,8,10,11)/q+1. The predicted octanol–water partition coefficient (Wildman–Crippen LogP) is -0.642. The fourth-order valence-corrected chi connectivity index (χ4v) is 2.15. The highest BCUT2D eigenvalue weighted by atomic mass is 35.5. The van der Waals surface area contributed by atoms with Gasteiger partial charge in [0.25, 0.3) is 0 Å². The summed E-state index contributed by atoms with van der Waals surface area (Å²) in [5, 5.41) is 4.89. The molecule has 0 aromatic heterocycles. The number of halogens is 2. The van der Waals surface area contributed by atoms with Crippen LogP contribution in [0, 0.1) is 0 Å². The second-order valence-electron chi connectivity index (χ2n) is 2.29. The van der Waals surface area contributed by atoms with Crippen LogP contribution in [0.1, 0.15) is 0 Å². The number of quaternary nitrogens is 1. The summed E-state index contributed by atoms with van der Waals surface area (Å²) in [5.74, 6) is 5.68. The molecule has 0 saturated heterocycles. The Morgan fingerprint density at radius 1 is 1.17 bits per heavy atom. The Balaban J connectivity index is 4.62. The van der Waals surface area contributed by atoms with E-state index in [0.29, 0.717) is 0 Å². The monoisotopic (exact) mass is 236 g/mol. The number of nitrogens with zero attached hydrogens (tertiary/aromatic N) is 1. The van der Waals surface area contributed by atoms with E-state index in [4.69, 9.17) is 34.2 Å². The van der Waals surface area contributed by atoms with Crippen LogP contribution < -0.4 is 11.0 Å². The lowest BCUT2D eigenvalue weighted by atomic mass is 10.6. The van der Waals surface area contributed by atoms with Crippen LogP contribution in [0.4, 0.5) is 0 Å². The first-order valence-electron chi connectivity index (χ1n) is 3.18. The Morgan fingerprint density at radius 3 is 1.67 bits per heavy atom. The highest BCUT2D eigenvalue weighted by Crippen LogP contribution is 2.04. The van der Waals surface area contributed by atoms with Crippen molar-refractivity contribution in [3.8, 4) is 0 Å². The lowest BCUT2D eigenvalue weighted by Crippen LogP contribution is -2.62. The maximum Gasteiger partial charge on any atom is 0.385 e. The first-order chi connectivity index (χ1) is 5.37. The van der Waals surface area contributed by atoms with Gasteiger partial charge in [-0.25, -0.2) is 0 Å². The minimum Gasteiger partial charge on any atom is -0.180 e. The fourth-order valence-electron chi connectivity index (χ4n) is 0.652. The predicted molar refractivity (Wildman–Crippen MR) is 48.7 cm³/mol. The lowest BCUT2D eigenvalue weighted by Gasteiger charge is -2.27. The summed E-state index contributed by atoms with van der Waals surface area (Å²) in [7, 11) is -3.84. The molecule has 0 aliphatic carbocycles. The molecule has 0 aliphatic rings. The molecule has 0 radical (unpaired) electrons. The molecule has 8 heteroatoms. The third kappa shape index (κ3) is 3.04. The molecule has 12 heavy (non-hydrogen) atoms. The van der Waals surface area contributed by atoms with E-state index < -0.39 is 14.2 Å². The number of hydrogen-bond acceptors (Lipinski definition) is 3. The molecule has 0 unspecified atom stereocenters. The fraction of sp³-hybridized carbons (Fsp3) is 1.00. The third-order valence-corrected chi connectivity index (χ3v) is 3.15. The molecule has 0 saturated carbocycles. The smallest absolute Gasteiger partial charge is 0.180 e. The van der Waals surface area contributed by atoms with Crippen LogP contribution in [0.15, 0.2) is 0 Å². The van der Waals surface area contributed by atoms with Gasteiger partial charge >= 0.3 is 10.2 Å². The van der Waals surface area contributed by atoms with Gasteiger partial charge in [-0.05, 0) is 0 Å². The average Bonchev–Trinajstić information content (AvgIpc) is 1.86. The largest absolute Gasteiger partial charge is 0.385 e. The summed E-state index contributed by atoms with van der Waals surface area (Å²) in [6, 6.07) is 0. The van der Waals surface area contributed by atoms with Crippen molar-refractivity contribution in [2.75, 3.05) is 24.8 Å². The molecule has 74 valence electrons. The molecule has 0 aromatic rings. The quantitative estimate of drug-likeness (QED) is 0.288. The third-order valence-electron chi connectivity index (χ3n) is 1.43. The molecule has 0 atom stereocenters. The lowest BCUT2D eigenvalue weighted by molar-refractivity contribution is -0.813. The minimum absolute atomic E-state index is 0.0487. The van der Waals surface area contributed by atoms with Crippen molar-refractivity contribution in [3.63, 3.8) is 0 Å². The van der Waals surface area contributed by atoms with Crippen LogP contribution in [0.25, 0.3) is 0 Å². The zero-order valence-electron chi connectivity index (χ0n) is 6.41. The highest BCUT2D eigenvalue weighted by molar-refractivity contribution is 7.83. The zero-order chi connectivity index (χ0) is 9.83. The van der Waals surface area contributed by atoms with E-state index in [2.05, 4.69) is 0 Å². The molecule has 0 rings (SSSR count). The number of alkyl halides is 2. The zero-order valence-corrected chi connectivity index (χ0v) is 8.74. The molecule has 5 nitrogen and oxygen atoms in total. The van der Waals surface area contributed by atoms with Gasteiger partial charge in [0.1, 0.15) is 13.1 Å². The van der Waals surface area contributed by atoms with E-state index in [1.165, 1.54) is 0 Å². The number of nitrogens with two attached hydrogens (primary N) is 2. The van der Waals surface area contributed by atoms with Crippen LogP contribution in [-0.2, 0) is 10.2 Å². The Kier molecular flexibility index (Phi) is 4.75. The van der Waals surface area contributed by atoms with E-state index in [0.717, 1.165) is 0 Å². The average molecular weight is 237 g/mol. The van der Waals surface area contributed by atoms with Crippen molar-refractivity contribution in [1.29, 1.82) is 0 Å². The molecule has 0 fully saturated rings. The topological polar surface area (TPSA) is 86.2 Å². The van der Waals surface area contributed by atoms with Crippen molar-refractivity contribution in [2.45, 2.75) is 0 Å². The van der Waals surface area contributed by atoms with Gasteiger partial charge in [-0.3, -0.25) is 0 Å². The van der Waals surface area contributed by atoms with Crippen LogP contribution in [-0.4, -0.2) is 37.3 Å². The van der Waals surface area contributed by atoms with Gasteiger partial charge in [0, 0.05) is 0 Å². The van der Waals surface area contributed by atoms with Gasteiger partial charge in [-0.2, -0.15) is 19.4 Å². The summed E-state index contributed by atoms with van der Waals surface area (Å²) in [6.07, 6.45) is 0. The van der Waals surface area contributed by atoms with Crippen LogP contribution >= 0.6 is 23.2 Å². The van der Waals surface area contributed by atoms with E-state index in [1.807, 2.05) is 0 Å². The maximum atomic E-state index is 10.9. The summed E-state index contributed by atoms with van der Waals surface area (Å²) in [4.78, 5) is 0. The normalized spacial score (nSPS) is 13.3. The second-order valence-corrected chi connectivity index (χ2v) is 4.81. The molecule has 0 amide bonds. The molecule has 0 aromatic carbocycles. The maximum absolute atomic E-state index is 10.9. The Bertz CT molecular complexity index is 224. The van der Waals surface area contributed by atoms with Crippen molar-refractivity contribution < 1.29 is 12.4 Å². The van der Waals surface area contributed by atoms with Crippen molar-refractivity contribution in [2.24, 2.45) is 11.0 Å². The van der Waals surface area contributed by atoms with Crippen LogP contribution in [0.2, 0.25) is 0 Å². The van der Waals surface area contributed by atoms with Crippen LogP contribution in [0.3, 0.4) is 0 Å². The molecule has 0 spiro atoms. The second kappa shape index (κ2) is 4.59. The van der Waals surface area contributed by atoms with E-state index in [9.17, 15) is 8.42 Å². The molecule has 4 N–H and O–H groups in total. The van der Waals surface area contributed by atoms with Gasteiger partial charge in [-0.15, -0.1) is 27.2 Å². The summed E-state index contributed by atoms with van der Waals surface area (Å²) in [5.41, 5.74) is 0. The van der Waals surface area contributed by atoms with Gasteiger partial charge in [0.2, 0.25) is 0 Å². The number of hydrogen-bond donors (Lipinski definition) is 2. The highest BCUT2D eigenvalue weighted by Gasteiger charge is 2.34. The molecule has 0 aliphatic heterocycles. The summed E-state index contributed by atoms with van der Waals surface area (Å²) in [6.45, 7) is 0.0974. The SMILES string of the molecule is N[N+](CCCl)(CCCl)S(N)(=O)=O. The van der Waals surface area contributed by atoms with Crippen molar-refractivity contribution >= 4 is 33.4 Å². The summed E-state index contributed by atoms with van der Waals surface area (Å²) >= 11 is 10.7. The van der Waals surface area contributed by atoms with E-state index in [-0.39, 0.29) is 24.8 Å². The van der Waals surface area contributed by atoms with E-state index >= 15 is 0 Å². The first-order valence-corrected chi connectivity index (χ1v) is 5.75. The Hall–Kier alpha value is 0.410. The molecule has 0 bridgehead atoms. The van der Waals surface area contributed by atoms with Crippen molar-refractivity contribution in [1.82, 2.24) is 0 Å². The Morgan fingerprint density at radius 2 is 1.50 bits per heavy atom. The number of rotatable bonds is 5. The molecular formula is C4H12Cl2N3O2S+. The van der Waals surface area contributed by atoms with Gasteiger partial charge in [-0.1, -0.05) is 0 Å². The molecular weight excluding hydrogens is 225 g/mol. The van der Waals surface area contributed by atoms with Crippen LogP contribution in [0.5, 0.6) is 0 Å². The minimum atomic E-state index is -3.84. The van der Waals surface area contributed by atoms with Gasteiger partial charge in [0.05, 0.1) is 11.8 Å². The first kappa shape index (κ1) is 12.4. The van der Waals surface area contributed by atoms with Gasteiger partial charge in [0.15, 0.2) is 0 Å². The van der Waals surface area contributed by atoms with Crippen molar-refractivity contribution in [3.05, 3.63) is 0 Å². The summed E-state index contributed by atoms with van der Waals surface area (Å²) < 4.78 is 21.1. The van der Waals surface area contributed by atoms with Gasteiger partial charge < -0.3 is 0 Å².